The molecular weight excluding hydrogens is 304 g/mol. The Hall–Kier alpha value is -0.660. The van der Waals surface area contributed by atoms with Gasteiger partial charge in [0.25, 0.3) is 0 Å². The molecule has 6 nitrogen and oxygen atoms in total. The lowest BCUT2D eigenvalue weighted by Crippen LogP contribution is -2.52. The van der Waals surface area contributed by atoms with Gasteiger partial charge < -0.3 is 10.1 Å². The summed E-state index contributed by atoms with van der Waals surface area (Å²) in [5, 5.41) is 2.92. The summed E-state index contributed by atoms with van der Waals surface area (Å²) in [7, 11) is -3.06. The van der Waals surface area contributed by atoms with Gasteiger partial charge in [-0.25, -0.2) is 8.42 Å². The Labute approximate surface area is 133 Å². The van der Waals surface area contributed by atoms with Gasteiger partial charge in [0.15, 0.2) is 9.84 Å². The van der Waals surface area contributed by atoms with Crippen LogP contribution in [-0.2, 0) is 19.4 Å². The van der Waals surface area contributed by atoms with E-state index < -0.39 is 9.84 Å². The summed E-state index contributed by atoms with van der Waals surface area (Å²) in [6, 6.07) is -0.352. The summed E-state index contributed by atoms with van der Waals surface area (Å²) in [5.41, 5.74) is 0. The van der Waals surface area contributed by atoms with Gasteiger partial charge in [0.1, 0.15) is 0 Å². The number of nitrogens with one attached hydrogen (secondary N) is 1. The van der Waals surface area contributed by atoms with Gasteiger partial charge in [-0.05, 0) is 39.8 Å². The van der Waals surface area contributed by atoms with Gasteiger partial charge >= 0.3 is 0 Å². The molecule has 2 heterocycles. The van der Waals surface area contributed by atoms with E-state index >= 15 is 0 Å². The molecule has 22 heavy (non-hydrogen) atoms. The number of likely N-dealkylation sites (tertiary alicyclic amines) is 1. The van der Waals surface area contributed by atoms with E-state index in [9.17, 15) is 13.2 Å². The maximum Gasteiger partial charge on any atom is 0.222 e. The second kappa shape index (κ2) is 7.75. The van der Waals surface area contributed by atoms with E-state index in [-0.39, 0.29) is 42.0 Å². The van der Waals surface area contributed by atoms with Gasteiger partial charge in [-0.2, -0.15) is 0 Å². The molecular formula is C15H28N2O4S. The summed E-state index contributed by atoms with van der Waals surface area (Å²) >= 11 is 0. The van der Waals surface area contributed by atoms with Crippen LogP contribution in [0, 0.1) is 0 Å². The van der Waals surface area contributed by atoms with Crippen molar-refractivity contribution in [2.45, 2.75) is 57.7 Å². The predicted molar refractivity (Wildman–Crippen MR) is 85.5 cm³/mol. The van der Waals surface area contributed by atoms with Crippen LogP contribution < -0.4 is 5.32 Å². The van der Waals surface area contributed by atoms with Crippen molar-refractivity contribution in [3.8, 4) is 0 Å². The van der Waals surface area contributed by atoms with E-state index in [2.05, 4.69) is 10.2 Å². The first-order chi connectivity index (χ1) is 10.4. The molecule has 0 radical (unpaired) electrons. The summed E-state index contributed by atoms with van der Waals surface area (Å²) in [5.74, 6) is 0.107. The van der Waals surface area contributed by atoms with Crippen LogP contribution in [0.2, 0.25) is 0 Å². The zero-order chi connectivity index (χ0) is 16.2. The molecule has 0 saturated carbocycles. The van der Waals surface area contributed by atoms with E-state index in [0.29, 0.717) is 6.61 Å². The van der Waals surface area contributed by atoms with Crippen molar-refractivity contribution in [1.82, 2.24) is 10.2 Å². The number of nitrogens with zero attached hydrogens (tertiary/aromatic N) is 1. The molecule has 1 N–H and O–H groups in total. The predicted octanol–water partition coefficient (Wildman–Crippen LogP) is 0.569. The SMILES string of the molecule is CC(C)OCCC(=O)N[C@H]1CS(=O)(=O)C[C@H]1N1CCCCC1. The van der Waals surface area contributed by atoms with E-state index in [1.54, 1.807) is 0 Å². The highest BCUT2D eigenvalue weighted by atomic mass is 32.2. The van der Waals surface area contributed by atoms with Gasteiger partial charge in [0.05, 0.1) is 30.3 Å². The Kier molecular flexibility index (Phi) is 6.23. The first kappa shape index (κ1) is 17.7. The average molecular weight is 332 g/mol. The molecule has 2 aliphatic rings. The van der Waals surface area contributed by atoms with E-state index in [4.69, 9.17) is 4.74 Å². The number of ether oxygens (including phenoxy) is 1. The minimum atomic E-state index is -3.06. The first-order valence-corrected chi connectivity index (χ1v) is 10.0. The molecule has 2 saturated heterocycles. The molecule has 0 aromatic rings. The molecule has 0 aromatic heterocycles. The quantitative estimate of drug-likeness (QED) is 0.769. The number of hydrogen-bond acceptors (Lipinski definition) is 5. The molecule has 1 amide bonds. The molecule has 2 fully saturated rings. The van der Waals surface area contributed by atoms with Crippen LogP contribution in [0.3, 0.4) is 0 Å². The summed E-state index contributed by atoms with van der Waals surface area (Å²) < 4.78 is 29.3. The molecule has 7 heteroatoms. The Morgan fingerprint density at radius 2 is 1.91 bits per heavy atom. The van der Waals surface area contributed by atoms with E-state index in [0.717, 1.165) is 25.9 Å². The topological polar surface area (TPSA) is 75.7 Å². The molecule has 0 spiro atoms. The van der Waals surface area contributed by atoms with Crippen LogP contribution in [-0.4, -0.2) is 68.6 Å². The highest BCUT2D eigenvalue weighted by molar-refractivity contribution is 7.91. The first-order valence-electron chi connectivity index (χ1n) is 8.23. The summed E-state index contributed by atoms with van der Waals surface area (Å²) in [6.07, 6.45) is 3.81. The highest BCUT2D eigenvalue weighted by Gasteiger charge is 2.41. The van der Waals surface area contributed by atoms with Crippen LogP contribution in [0.1, 0.15) is 39.5 Å². The largest absolute Gasteiger partial charge is 0.378 e. The second-order valence-electron chi connectivity index (χ2n) is 6.58. The molecule has 0 unspecified atom stereocenters. The Bertz CT molecular complexity index is 472. The third-order valence-corrected chi connectivity index (χ3v) is 6.03. The third-order valence-electron chi connectivity index (χ3n) is 4.31. The molecule has 0 aromatic carbocycles. The number of amides is 1. The van der Waals surface area contributed by atoms with Gasteiger partial charge in [0, 0.05) is 12.5 Å². The van der Waals surface area contributed by atoms with Crippen LogP contribution in [0.5, 0.6) is 0 Å². The fraction of sp³-hybridized carbons (Fsp3) is 0.933. The standard InChI is InChI=1S/C15H28N2O4S/c1-12(2)21-9-6-15(18)16-13-10-22(19,20)11-14(13)17-7-4-3-5-8-17/h12-14H,3-11H2,1-2H3,(H,16,18)/t13-,14+/m0/s1. The van der Waals surface area contributed by atoms with Crippen molar-refractivity contribution in [2.75, 3.05) is 31.2 Å². The maximum atomic E-state index is 12.0. The molecule has 128 valence electrons. The Morgan fingerprint density at radius 3 is 2.55 bits per heavy atom. The lowest BCUT2D eigenvalue weighted by atomic mass is 10.0. The minimum absolute atomic E-state index is 0.0605. The smallest absolute Gasteiger partial charge is 0.222 e. The van der Waals surface area contributed by atoms with Crippen LogP contribution in [0.15, 0.2) is 0 Å². The van der Waals surface area contributed by atoms with Crippen molar-refractivity contribution in [3.63, 3.8) is 0 Å². The van der Waals surface area contributed by atoms with Crippen molar-refractivity contribution in [2.24, 2.45) is 0 Å². The zero-order valence-electron chi connectivity index (χ0n) is 13.6. The van der Waals surface area contributed by atoms with Crippen molar-refractivity contribution in [1.29, 1.82) is 0 Å². The Balaban J connectivity index is 1.90. The lowest BCUT2D eigenvalue weighted by Gasteiger charge is -2.35. The molecule has 0 aliphatic carbocycles. The monoisotopic (exact) mass is 332 g/mol. The summed E-state index contributed by atoms with van der Waals surface area (Å²) in [4.78, 5) is 14.3. The molecule has 2 atom stereocenters. The summed E-state index contributed by atoms with van der Waals surface area (Å²) in [6.45, 7) is 6.09. The van der Waals surface area contributed by atoms with Crippen molar-refractivity contribution in [3.05, 3.63) is 0 Å². The van der Waals surface area contributed by atoms with Crippen molar-refractivity contribution < 1.29 is 17.9 Å². The molecule has 2 rings (SSSR count). The number of sulfone groups is 1. The fourth-order valence-corrected chi connectivity index (χ4v) is 5.20. The second-order valence-corrected chi connectivity index (χ2v) is 8.74. The number of piperidine rings is 1. The van der Waals surface area contributed by atoms with Gasteiger partial charge in [0.2, 0.25) is 5.91 Å². The number of carbonyl (C=O) groups is 1. The van der Waals surface area contributed by atoms with Gasteiger partial charge in [-0.3, -0.25) is 9.69 Å². The molecule has 0 bridgehead atoms. The highest BCUT2D eigenvalue weighted by Crippen LogP contribution is 2.22. The Morgan fingerprint density at radius 1 is 1.23 bits per heavy atom. The zero-order valence-corrected chi connectivity index (χ0v) is 14.4. The maximum absolute atomic E-state index is 12.0. The number of rotatable bonds is 6. The van der Waals surface area contributed by atoms with Gasteiger partial charge in [-0.1, -0.05) is 6.42 Å². The van der Waals surface area contributed by atoms with Crippen molar-refractivity contribution >= 4 is 15.7 Å². The number of carbonyl (C=O) groups excluding carboxylic acids is 1. The normalized spacial score (nSPS) is 28.9. The van der Waals surface area contributed by atoms with E-state index in [1.165, 1.54) is 6.42 Å². The van der Waals surface area contributed by atoms with Crippen LogP contribution in [0.4, 0.5) is 0 Å². The minimum Gasteiger partial charge on any atom is -0.378 e. The molecule has 2 aliphatic heterocycles. The average Bonchev–Trinajstić information content (AvgIpc) is 2.74. The fourth-order valence-electron chi connectivity index (χ4n) is 3.24. The third kappa shape index (κ3) is 5.21. The number of hydrogen-bond donors (Lipinski definition) is 1. The van der Waals surface area contributed by atoms with Crippen LogP contribution >= 0.6 is 0 Å². The lowest BCUT2D eigenvalue weighted by molar-refractivity contribution is -0.123. The van der Waals surface area contributed by atoms with Crippen LogP contribution in [0.25, 0.3) is 0 Å². The van der Waals surface area contributed by atoms with E-state index in [1.807, 2.05) is 13.8 Å². The van der Waals surface area contributed by atoms with Gasteiger partial charge in [-0.15, -0.1) is 0 Å².